The maximum absolute atomic E-state index is 5.84. The smallest absolute Gasteiger partial charge is 0.122 e. The quantitative estimate of drug-likeness (QED) is 0.624. The number of aryl methyl sites for hydroxylation is 1. The van der Waals surface area contributed by atoms with E-state index in [1.54, 1.807) is 0 Å². The van der Waals surface area contributed by atoms with Gasteiger partial charge in [-0.1, -0.05) is 17.7 Å². The van der Waals surface area contributed by atoms with Gasteiger partial charge in [0, 0.05) is 12.5 Å². The highest BCUT2D eigenvalue weighted by Gasteiger charge is 2.06. The van der Waals surface area contributed by atoms with E-state index >= 15 is 0 Å². The Balaban J connectivity index is 2.70. The molecule has 0 aliphatic heterocycles. The van der Waals surface area contributed by atoms with E-state index in [-0.39, 0.29) is 6.04 Å². The van der Waals surface area contributed by atoms with Crippen molar-refractivity contribution in [3.63, 3.8) is 0 Å². The molecule has 1 aromatic carbocycles. The van der Waals surface area contributed by atoms with E-state index in [0.29, 0.717) is 6.61 Å². The van der Waals surface area contributed by atoms with Crippen molar-refractivity contribution in [1.82, 2.24) is 0 Å². The molecule has 1 atom stereocenters. The summed E-state index contributed by atoms with van der Waals surface area (Å²) in [4.78, 5) is 0. The number of benzene rings is 1. The zero-order valence-corrected chi connectivity index (χ0v) is 10.9. The van der Waals surface area contributed by atoms with E-state index in [0.717, 1.165) is 18.6 Å². The molecular weight excluding hydrogens is 210 g/mol. The van der Waals surface area contributed by atoms with Gasteiger partial charge in [0.1, 0.15) is 5.75 Å². The van der Waals surface area contributed by atoms with Crippen LogP contribution in [0.1, 0.15) is 31.4 Å². The lowest BCUT2D eigenvalue weighted by Gasteiger charge is -2.13. The molecule has 0 amide bonds. The van der Waals surface area contributed by atoms with Crippen molar-refractivity contribution in [3.05, 3.63) is 29.3 Å². The fraction of sp³-hybridized carbons (Fsp3) is 0.467. The number of rotatable bonds is 5. The van der Waals surface area contributed by atoms with Gasteiger partial charge in [-0.15, -0.1) is 11.8 Å². The SMILES string of the molecule is CC#CCCOc1ccc(C)cc1CC(C)N. The third-order valence-corrected chi connectivity index (χ3v) is 2.42. The predicted octanol–water partition coefficient (Wildman–Crippen LogP) is 2.68. The molecular formula is C15H21NO. The molecule has 1 rings (SSSR count). The molecule has 2 heteroatoms. The van der Waals surface area contributed by atoms with Crippen LogP contribution in [0.3, 0.4) is 0 Å². The lowest BCUT2D eigenvalue weighted by molar-refractivity contribution is 0.323. The van der Waals surface area contributed by atoms with Gasteiger partial charge in [0.2, 0.25) is 0 Å². The second-order valence-electron chi connectivity index (χ2n) is 4.32. The number of hydrogen-bond donors (Lipinski definition) is 1. The van der Waals surface area contributed by atoms with Gasteiger partial charge in [-0.25, -0.2) is 0 Å². The van der Waals surface area contributed by atoms with Crippen LogP contribution in [0.5, 0.6) is 5.75 Å². The Labute approximate surface area is 104 Å². The first-order valence-corrected chi connectivity index (χ1v) is 6.01. The molecule has 0 bridgehead atoms. The second-order valence-corrected chi connectivity index (χ2v) is 4.32. The molecule has 92 valence electrons. The molecule has 0 saturated carbocycles. The summed E-state index contributed by atoms with van der Waals surface area (Å²) in [5, 5.41) is 0. The summed E-state index contributed by atoms with van der Waals surface area (Å²) in [6, 6.07) is 6.37. The molecule has 0 aliphatic carbocycles. The van der Waals surface area contributed by atoms with Crippen molar-refractivity contribution in [2.24, 2.45) is 5.73 Å². The van der Waals surface area contributed by atoms with Crippen LogP contribution in [0.4, 0.5) is 0 Å². The van der Waals surface area contributed by atoms with E-state index in [1.807, 2.05) is 19.9 Å². The van der Waals surface area contributed by atoms with Gasteiger partial charge in [0.05, 0.1) is 6.61 Å². The summed E-state index contributed by atoms with van der Waals surface area (Å²) in [6.45, 7) is 6.56. The first-order valence-electron chi connectivity index (χ1n) is 6.01. The Morgan fingerprint density at radius 1 is 1.41 bits per heavy atom. The van der Waals surface area contributed by atoms with Crippen LogP contribution in [-0.2, 0) is 6.42 Å². The maximum Gasteiger partial charge on any atom is 0.122 e. The monoisotopic (exact) mass is 231 g/mol. The highest BCUT2D eigenvalue weighted by molar-refractivity contribution is 5.37. The van der Waals surface area contributed by atoms with Crippen LogP contribution >= 0.6 is 0 Å². The summed E-state index contributed by atoms with van der Waals surface area (Å²) >= 11 is 0. The summed E-state index contributed by atoms with van der Waals surface area (Å²) in [5.41, 5.74) is 8.26. The number of hydrogen-bond acceptors (Lipinski definition) is 2. The molecule has 0 fully saturated rings. The van der Waals surface area contributed by atoms with Crippen LogP contribution in [0, 0.1) is 18.8 Å². The van der Waals surface area contributed by atoms with Crippen LogP contribution < -0.4 is 10.5 Å². The minimum Gasteiger partial charge on any atom is -0.492 e. The van der Waals surface area contributed by atoms with Crippen LogP contribution in [-0.4, -0.2) is 12.6 Å². The molecule has 17 heavy (non-hydrogen) atoms. The molecule has 0 saturated heterocycles. The number of nitrogens with two attached hydrogens (primary N) is 1. The Morgan fingerprint density at radius 3 is 2.82 bits per heavy atom. The first-order chi connectivity index (χ1) is 8.13. The minimum atomic E-state index is 0.148. The number of ether oxygens (including phenoxy) is 1. The van der Waals surface area contributed by atoms with Crippen molar-refractivity contribution in [3.8, 4) is 17.6 Å². The van der Waals surface area contributed by atoms with Crippen molar-refractivity contribution < 1.29 is 4.74 Å². The lowest BCUT2D eigenvalue weighted by atomic mass is 10.0. The second kappa shape index (κ2) is 6.98. The van der Waals surface area contributed by atoms with Gasteiger partial charge in [-0.2, -0.15) is 0 Å². The van der Waals surface area contributed by atoms with Crippen LogP contribution in [0.15, 0.2) is 18.2 Å². The lowest BCUT2D eigenvalue weighted by Crippen LogP contribution is -2.18. The van der Waals surface area contributed by atoms with E-state index in [4.69, 9.17) is 10.5 Å². The molecule has 1 aromatic rings. The van der Waals surface area contributed by atoms with Gasteiger partial charge in [-0.3, -0.25) is 0 Å². The van der Waals surface area contributed by atoms with Crippen LogP contribution in [0.2, 0.25) is 0 Å². The fourth-order valence-corrected chi connectivity index (χ4v) is 1.69. The average molecular weight is 231 g/mol. The standard InChI is InChI=1S/C15H21NO/c1-4-5-6-9-17-15-8-7-12(2)10-14(15)11-13(3)16/h7-8,10,13H,6,9,11,16H2,1-3H3. The summed E-state index contributed by atoms with van der Waals surface area (Å²) in [6.07, 6.45) is 1.61. The van der Waals surface area contributed by atoms with E-state index in [2.05, 4.69) is 30.9 Å². The van der Waals surface area contributed by atoms with Crippen molar-refractivity contribution in [2.75, 3.05) is 6.61 Å². The third-order valence-electron chi connectivity index (χ3n) is 2.42. The first kappa shape index (κ1) is 13.6. The Hall–Kier alpha value is -1.46. The van der Waals surface area contributed by atoms with Crippen molar-refractivity contribution in [1.29, 1.82) is 0 Å². The van der Waals surface area contributed by atoms with Gasteiger partial charge in [-0.05, 0) is 38.8 Å². The summed E-state index contributed by atoms with van der Waals surface area (Å²) < 4.78 is 5.74. The zero-order valence-electron chi connectivity index (χ0n) is 10.9. The average Bonchev–Trinajstić information content (AvgIpc) is 2.26. The molecule has 2 N–H and O–H groups in total. The van der Waals surface area contributed by atoms with Gasteiger partial charge >= 0.3 is 0 Å². The van der Waals surface area contributed by atoms with Gasteiger partial charge in [0.25, 0.3) is 0 Å². The fourth-order valence-electron chi connectivity index (χ4n) is 1.69. The van der Waals surface area contributed by atoms with Crippen molar-refractivity contribution in [2.45, 2.75) is 39.7 Å². The summed E-state index contributed by atoms with van der Waals surface area (Å²) in [5.74, 6) is 6.79. The predicted molar refractivity (Wildman–Crippen MR) is 72.1 cm³/mol. The molecule has 0 aliphatic rings. The Bertz CT molecular complexity index is 413. The summed E-state index contributed by atoms with van der Waals surface area (Å²) in [7, 11) is 0. The molecule has 0 spiro atoms. The minimum absolute atomic E-state index is 0.148. The molecule has 0 aromatic heterocycles. The Morgan fingerprint density at radius 2 is 2.18 bits per heavy atom. The topological polar surface area (TPSA) is 35.2 Å². The van der Waals surface area contributed by atoms with Gasteiger partial charge < -0.3 is 10.5 Å². The largest absolute Gasteiger partial charge is 0.492 e. The van der Waals surface area contributed by atoms with E-state index in [1.165, 1.54) is 11.1 Å². The zero-order chi connectivity index (χ0) is 12.7. The van der Waals surface area contributed by atoms with Crippen molar-refractivity contribution >= 4 is 0 Å². The van der Waals surface area contributed by atoms with Crippen LogP contribution in [0.25, 0.3) is 0 Å². The third kappa shape index (κ3) is 4.93. The van der Waals surface area contributed by atoms with E-state index in [9.17, 15) is 0 Å². The van der Waals surface area contributed by atoms with Gasteiger partial charge in [0.15, 0.2) is 0 Å². The highest BCUT2D eigenvalue weighted by Crippen LogP contribution is 2.21. The molecule has 0 heterocycles. The molecule has 1 unspecified atom stereocenters. The highest BCUT2D eigenvalue weighted by atomic mass is 16.5. The normalized spacial score (nSPS) is 11.5. The Kier molecular flexibility index (Phi) is 5.59. The molecule has 0 radical (unpaired) electrons. The van der Waals surface area contributed by atoms with E-state index < -0.39 is 0 Å². The molecule has 2 nitrogen and oxygen atoms in total. The maximum atomic E-state index is 5.84.